The van der Waals surface area contributed by atoms with Crippen molar-refractivity contribution in [1.82, 2.24) is 37.4 Å². The lowest BCUT2D eigenvalue weighted by atomic mass is 10.2. The van der Waals surface area contributed by atoms with Crippen LogP contribution in [0.1, 0.15) is 89.5 Å². The van der Waals surface area contributed by atoms with Gasteiger partial charge < -0.3 is 19.0 Å². The highest BCUT2D eigenvalue weighted by molar-refractivity contribution is 6.30. The van der Waals surface area contributed by atoms with Crippen molar-refractivity contribution in [2.45, 2.75) is 106 Å². The number of halogens is 2. The first-order valence-corrected chi connectivity index (χ1v) is 20.8. The average Bonchev–Trinajstić information content (AvgIpc) is 3.77. The molecule has 4 heterocycles. The van der Waals surface area contributed by atoms with Gasteiger partial charge in [0, 0.05) is 83.0 Å². The second kappa shape index (κ2) is 22.0. The van der Waals surface area contributed by atoms with Crippen molar-refractivity contribution in [3.8, 4) is 0 Å². The van der Waals surface area contributed by atoms with Gasteiger partial charge in [-0.3, -0.25) is 27.9 Å². The number of aromatic nitrogens is 8. The number of fused-ring (bicyclic) bond motifs is 2. The molecule has 0 bridgehead atoms. The Morgan fingerprint density at radius 1 is 0.610 bits per heavy atom. The van der Waals surface area contributed by atoms with E-state index in [0.717, 1.165) is 49.1 Å². The fourth-order valence-corrected chi connectivity index (χ4v) is 7.09. The van der Waals surface area contributed by atoms with Gasteiger partial charge in [0.2, 0.25) is 0 Å². The van der Waals surface area contributed by atoms with Crippen LogP contribution in [0.5, 0.6) is 0 Å². The van der Waals surface area contributed by atoms with E-state index >= 15 is 0 Å². The number of benzene rings is 2. The lowest BCUT2D eigenvalue weighted by Gasteiger charge is -2.11. The zero-order valence-corrected chi connectivity index (χ0v) is 35.6. The number of ether oxygens (including phenoxy) is 1. The number of unbranched alkanes of at least 4 members (excludes halogenated alkanes) is 2. The molecular formula is C43H58Cl2N8O6. The van der Waals surface area contributed by atoms with E-state index in [0.29, 0.717) is 96.9 Å². The maximum absolute atomic E-state index is 13.3. The van der Waals surface area contributed by atoms with Crippen molar-refractivity contribution in [2.75, 3.05) is 19.8 Å². The second-order valence-electron chi connectivity index (χ2n) is 14.3. The molecule has 59 heavy (non-hydrogen) atoms. The Labute approximate surface area is 354 Å². The predicted octanol–water partition coefficient (Wildman–Crippen LogP) is 6.33. The molecule has 0 unspecified atom stereocenters. The average molecular weight is 854 g/mol. The van der Waals surface area contributed by atoms with Gasteiger partial charge in [0.25, 0.3) is 11.1 Å². The summed E-state index contributed by atoms with van der Waals surface area (Å²) in [6.07, 6.45) is 5.81. The Hall–Kier alpha value is -4.76. The van der Waals surface area contributed by atoms with Crippen LogP contribution in [-0.4, -0.2) is 62.3 Å². The van der Waals surface area contributed by atoms with Crippen LogP contribution in [0.4, 0.5) is 0 Å². The number of aryl methyl sites for hydroxylation is 4. The summed E-state index contributed by atoms with van der Waals surface area (Å²) in [6, 6.07) is 15.0. The molecular weight excluding hydrogens is 795 g/mol. The van der Waals surface area contributed by atoms with Gasteiger partial charge in [0.1, 0.15) is 11.6 Å². The predicted molar refractivity (Wildman–Crippen MR) is 236 cm³/mol. The summed E-state index contributed by atoms with van der Waals surface area (Å²) in [5.74, 6) is 1.46. The first-order valence-electron chi connectivity index (χ1n) is 20.0. The van der Waals surface area contributed by atoms with E-state index in [4.69, 9.17) is 32.9 Å². The minimum Gasteiger partial charge on any atom is -0.396 e. The normalized spacial score (nSPS) is 11.3. The van der Waals surface area contributed by atoms with E-state index in [2.05, 4.69) is 4.98 Å². The molecule has 0 saturated heterocycles. The van der Waals surface area contributed by atoms with Crippen molar-refractivity contribution in [3.05, 3.63) is 123 Å². The van der Waals surface area contributed by atoms with E-state index in [1.807, 2.05) is 66.3 Å². The van der Waals surface area contributed by atoms with Crippen molar-refractivity contribution in [2.24, 2.45) is 14.1 Å². The quantitative estimate of drug-likeness (QED) is 0.0986. The lowest BCUT2D eigenvalue weighted by molar-refractivity contribution is 0.144. The van der Waals surface area contributed by atoms with Crippen LogP contribution < -0.4 is 22.5 Å². The van der Waals surface area contributed by atoms with E-state index in [1.54, 1.807) is 26.2 Å². The maximum Gasteiger partial charge on any atom is 0.332 e. The topological polar surface area (TPSA) is 153 Å². The first-order chi connectivity index (χ1) is 27.9. The number of aliphatic hydroxyl groups is 1. The molecule has 4 aromatic heterocycles. The molecule has 2 aromatic carbocycles. The molecule has 16 heteroatoms. The number of hydrogen-bond acceptors (Lipinski definition) is 8. The highest BCUT2D eigenvalue weighted by atomic mass is 35.5. The van der Waals surface area contributed by atoms with Gasteiger partial charge in [-0.1, -0.05) is 81.6 Å². The fraction of sp³-hybridized carbons (Fsp3) is 0.488. The summed E-state index contributed by atoms with van der Waals surface area (Å²) >= 11 is 12.0. The monoisotopic (exact) mass is 852 g/mol. The minimum atomic E-state index is -0.351. The molecule has 0 atom stereocenters. The fourth-order valence-electron chi connectivity index (χ4n) is 6.84. The summed E-state index contributed by atoms with van der Waals surface area (Å²) in [6.45, 7) is 9.06. The number of nitrogens with zero attached hydrogens (tertiary/aromatic N) is 8. The highest BCUT2D eigenvalue weighted by Crippen LogP contribution is 2.19. The van der Waals surface area contributed by atoms with Gasteiger partial charge in [-0.2, -0.15) is 0 Å². The zero-order chi connectivity index (χ0) is 41.9. The molecule has 0 aliphatic rings. The summed E-state index contributed by atoms with van der Waals surface area (Å²) in [4.78, 5) is 61.2. The minimum absolute atomic E-state index is 0. The molecule has 1 N–H and O–H groups in total. The van der Waals surface area contributed by atoms with Crippen molar-refractivity contribution >= 4 is 45.5 Å². The Balaban J connectivity index is 0.000000257. The molecule has 320 valence electrons. The molecule has 0 saturated carbocycles. The van der Waals surface area contributed by atoms with Gasteiger partial charge in [0.15, 0.2) is 22.3 Å². The van der Waals surface area contributed by atoms with Crippen LogP contribution in [0.15, 0.2) is 67.7 Å². The van der Waals surface area contributed by atoms with E-state index < -0.39 is 0 Å². The lowest BCUT2D eigenvalue weighted by Crippen LogP contribution is -2.39. The summed E-state index contributed by atoms with van der Waals surface area (Å²) in [7, 11) is 3.32. The first kappa shape index (κ1) is 46.9. The van der Waals surface area contributed by atoms with Crippen molar-refractivity contribution in [3.63, 3.8) is 0 Å². The summed E-state index contributed by atoms with van der Waals surface area (Å²) in [5, 5.41) is 10.5. The summed E-state index contributed by atoms with van der Waals surface area (Å²) < 4.78 is 14.8. The van der Waals surface area contributed by atoms with Crippen LogP contribution in [0.2, 0.25) is 10.0 Å². The van der Waals surface area contributed by atoms with Gasteiger partial charge in [0.05, 0.1) is 0 Å². The standard InChI is InChI=1S/C22H29ClN4O3.C20H25ClN4O3.CH4/c1-4-6-13-26-21(28)19-20(25(3)22(26)29)24-18(8-7-14-30-5-2)27(19)15-16-9-11-17(23)12-10-16;1-3-4-11-24-19(27)17-18(23(2)20(24)28)22-16(6-5-12-26)25(17)13-14-7-9-15(21)10-8-14;/h9-12H,4-8,13-15H2,1-3H3;7-10,26H,3-6,11-13H2,1-2H3;1H4. The van der Waals surface area contributed by atoms with Gasteiger partial charge in [-0.25, -0.2) is 19.6 Å². The number of aliphatic hydroxyl groups excluding tert-OH is 1. The van der Waals surface area contributed by atoms with E-state index in [1.165, 1.54) is 18.3 Å². The Morgan fingerprint density at radius 3 is 1.39 bits per heavy atom. The van der Waals surface area contributed by atoms with Gasteiger partial charge in [-0.05, 0) is 68.0 Å². The van der Waals surface area contributed by atoms with Crippen molar-refractivity contribution in [1.29, 1.82) is 0 Å². The molecule has 6 aromatic rings. The van der Waals surface area contributed by atoms with Crippen LogP contribution in [0, 0.1) is 0 Å². The third kappa shape index (κ3) is 10.9. The molecule has 6 rings (SSSR count). The van der Waals surface area contributed by atoms with Gasteiger partial charge >= 0.3 is 11.4 Å². The maximum atomic E-state index is 13.3. The van der Waals surface area contributed by atoms with Gasteiger partial charge in [-0.15, -0.1) is 0 Å². The smallest absolute Gasteiger partial charge is 0.332 e. The zero-order valence-electron chi connectivity index (χ0n) is 34.0. The van der Waals surface area contributed by atoms with Crippen LogP contribution >= 0.6 is 23.2 Å². The Morgan fingerprint density at radius 2 is 1.02 bits per heavy atom. The Kier molecular flexibility index (Phi) is 17.5. The van der Waals surface area contributed by atoms with E-state index in [9.17, 15) is 24.3 Å². The third-order valence-electron chi connectivity index (χ3n) is 10.1. The number of rotatable bonds is 18. The molecule has 14 nitrogen and oxygen atoms in total. The molecule has 0 amide bonds. The largest absolute Gasteiger partial charge is 0.396 e. The highest BCUT2D eigenvalue weighted by Gasteiger charge is 2.22. The van der Waals surface area contributed by atoms with Crippen LogP contribution in [0.25, 0.3) is 22.3 Å². The second-order valence-corrected chi connectivity index (χ2v) is 15.1. The van der Waals surface area contributed by atoms with Crippen LogP contribution in [0.3, 0.4) is 0 Å². The molecule has 0 aliphatic carbocycles. The molecule has 0 aliphatic heterocycles. The summed E-state index contributed by atoms with van der Waals surface area (Å²) in [5.41, 5.74) is 2.41. The molecule has 0 spiro atoms. The van der Waals surface area contributed by atoms with E-state index in [-0.39, 0.29) is 36.5 Å². The Bertz CT molecular complexity index is 2550. The number of hydrogen-bond donors (Lipinski definition) is 1. The van der Waals surface area contributed by atoms with Crippen molar-refractivity contribution < 1.29 is 9.84 Å². The third-order valence-corrected chi connectivity index (χ3v) is 10.6. The SMILES string of the molecule is C.CCCCn1c(=O)c2c(nc(CCCO)n2Cc2ccc(Cl)cc2)n(C)c1=O.CCCCn1c(=O)c2c(nc(CCCOCC)n2Cc2ccc(Cl)cc2)n(C)c1=O. The van der Waals surface area contributed by atoms with Crippen LogP contribution in [-0.2, 0) is 57.9 Å². The molecule has 0 radical (unpaired) electrons. The molecule has 0 fully saturated rings. The number of imidazole rings is 2.